The molecule has 0 aliphatic heterocycles. The molecule has 0 unspecified atom stereocenters. The van der Waals surface area contributed by atoms with E-state index in [1.807, 2.05) is 0 Å². The average molecular weight is 311 g/mol. The Kier molecular flexibility index (Phi) is 13.7. The van der Waals surface area contributed by atoms with Gasteiger partial charge in [-0.15, -0.1) is 0 Å². The minimum Gasteiger partial charge on any atom is -0.512 e. The Morgan fingerprint density at radius 3 is 1.81 bits per heavy atom. The van der Waals surface area contributed by atoms with Crippen LogP contribution in [0.25, 0.3) is 0 Å². The Balaban J connectivity index is 0. The fourth-order valence-corrected chi connectivity index (χ4v) is 1.17. The van der Waals surface area contributed by atoms with Crippen LogP contribution in [0.1, 0.15) is 39.5 Å². The van der Waals surface area contributed by atoms with Gasteiger partial charge >= 0.3 is 0 Å². The molecule has 0 bridgehead atoms. The maximum Gasteiger partial charge on any atom is 0.155 e. The van der Waals surface area contributed by atoms with Gasteiger partial charge in [-0.05, 0) is 39.5 Å². The first-order valence-corrected chi connectivity index (χ1v) is 5.32. The van der Waals surface area contributed by atoms with E-state index >= 15 is 0 Å². The van der Waals surface area contributed by atoms with E-state index in [1.165, 1.54) is 45.6 Å². The summed E-state index contributed by atoms with van der Waals surface area (Å²) >= 11 is 0. The number of hydrogen-bond donors (Lipinski definition) is 1. The van der Waals surface area contributed by atoms with Gasteiger partial charge in [0.15, 0.2) is 5.78 Å². The predicted molar refractivity (Wildman–Crippen MR) is 63.8 cm³/mol. The summed E-state index contributed by atoms with van der Waals surface area (Å²) in [6.07, 6.45) is 15.2. The normalized spacial score (nSPS) is 19.0. The van der Waals surface area contributed by atoms with Crippen LogP contribution in [-0.4, -0.2) is 10.9 Å². The molecule has 1 radical (unpaired) electrons. The number of ketones is 1. The molecule has 16 heavy (non-hydrogen) atoms. The molecule has 0 aromatic rings. The van der Waals surface area contributed by atoms with E-state index in [4.69, 9.17) is 5.11 Å². The summed E-state index contributed by atoms with van der Waals surface area (Å²) in [4.78, 5) is 10.0. The minimum atomic E-state index is -0.125. The van der Waals surface area contributed by atoms with Crippen molar-refractivity contribution in [2.45, 2.75) is 39.5 Å². The third kappa shape index (κ3) is 15.8. The van der Waals surface area contributed by atoms with Crippen LogP contribution in [0.3, 0.4) is 0 Å². The smallest absolute Gasteiger partial charge is 0.155 e. The Morgan fingerprint density at radius 2 is 1.56 bits per heavy atom. The first-order chi connectivity index (χ1) is 7.13. The Bertz CT molecular complexity index is 247. The van der Waals surface area contributed by atoms with Crippen molar-refractivity contribution in [1.29, 1.82) is 0 Å². The molecule has 0 spiro atoms. The van der Waals surface area contributed by atoms with Gasteiger partial charge in [0.1, 0.15) is 0 Å². The summed E-state index contributed by atoms with van der Waals surface area (Å²) in [7, 11) is 0. The molecule has 0 heterocycles. The van der Waals surface area contributed by atoms with Gasteiger partial charge in [-0.25, -0.2) is 0 Å². The predicted octanol–water partition coefficient (Wildman–Crippen LogP) is 3.71. The summed E-state index contributed by atoms with van der Waals surface area (Å²) < 4.78 is 0. The molecule has 1 rings (SSSR count). The van der Waals surface area contributed by atoms with Crippen molar-refractivity contribution in [3.63, 3.8) is 0 Å². The first-order valence-electron chi connectivity index (χ1n) is 5.32. The number of hydrogen-bond acceptors (Lipinski definition) is 2. The molecule has 1 N–H and O–H groups in total. The Labute approximate surface area is 111 Å². The molecule has 1 aliphatic rings. The van der Waals surface area contributed by atoms with E-state index in [2.05, 4.69) is 24.3 Å². The van der Waals surface area contributed by atoms with Crippen LogP contribution >= 0.6 is 0 Å². The minimum absolute atomic E-state index is 0. The average Bonchev–Trinajstić information content (AvgIpc) is 1.99. The van der Waals surface area contributed by atoms with Gasteiger partial charge in [0.05, 0.1) is 5.76 Å². The molecule has 0 aromatic carbocycles. The maximum absolute atomic E-state index is 10.0. The zero-order valence-electron chi connectivity index (χ0n) is 9.90. The van der Waals surface area contributed by atoms with Crippen LogP contribution in [-0.2, 0) is 24.3 Å². The van der Waals surface area contributed by atoms with Crippen LogP contribution < -0.4 is 0 Å². The van der Waals surface area contributed by atoms with Crippen molar-refractivity contribution in [1.82, 2.24) is 0 Å². The van der Waals surface area contributed by atoms with Gasteiger partial charge in [-0.3, -0.25) is 4.79 Å². The van der Waals surface area contributed by atoms with Crippen molar-refractivity contribution in [2.24, 2.45) is 0 Å². The van der Waals surface area contributed by atoms with Crippen molar-refractivity contribution in [3.05, 3.63) is 36.1 Å². The molecule has 1 aliphatic carbocycles. The third-order valence-electron chi connectivity index (χ3n) is 1.79. The summed E-state index contributed by atoms with van der Waals surface area (Å²) in [5.41, 5.74) is 0. The summed E-state index contributed by atoms with van der Waals surface area (Å²) in [5.74, 6) is -0.0625. The molecule has 3 heteroatoms. The largest absolute Gasteiger partial charge is 0.512 e. The second kappa shape index (κ2) is 12.4. The monoisotopic (exact) mass is 311 g/mol. The van der Waals surface area contributed by atoms with Gasteiger partial charge in [0.25, 0.3) is 0 Å². The fraction of sp³-hybridized carbons (Fsp3) is 0.462. The molecule has 0 saturated heterocycles. The molecule has 0 fully saturated rings. The zero-order valence-corrected chi connectivity index (χ0v) is 11.5. The number of allylic oxidation sites excluding steroid dienone is 6. The number of aliphatic hydroxyl groups is 1. The van der Waals surface area contributed by atoms with Crippen molar-refractivity contribution in [2.75, 3.05) is 0 Å². The van der Waals surface area contributed by atoms with Crippen LogP contribution in [0, 0.1) is 0 Å². The maximum atomic E-state index is 10.0. The molecular formula is C13H20O2Rh. The van der Waals surface area contributed by atoms with Gasteiger partial charge in [0.2, 0.25) is 0 Å². The summed E-state index contributed by atoms with van der Waals surface area (Å²) in [5, 5.41) is 8.36. The van der Waals surface area contributed by atoms with Crippen LogP contribution in [0.4, 0.5) is 0 Å². The van der Waals surface area contributed by atoms with Gasteiger partial charge in [-0.2, -0.15) is 0 Å². The molecule has 0 amide bonds. The van der Waals surface area contributed by atoms with Gasteiger partial charge < -0.3 is 5.11 Å². The van der Waals surface area contributed by atoms with Crippen LogP contribution in [0.5, 0.6) is 0 Å². The van der Waals surface area contributed by atoms with Crippen molar-refractivity contribution >= 4 is 5.78 Å². The molecule has 2 nitrogen and oxygen atoms in total. The molecule has 0 saturated carbocycles. The second-order valence-electron chi connectivity index (χ2n) is 3.54. The molecule has 93 valence electrons. The number of carbonyl (C=O) groups excluding carboxylic acids is 1. The van der Waals surface area contributed by atoms with Crippen molar-refractivity contribution < 1.29 is 29.4 Å². The van der Waals surface area contributed by atoms with Gasteiger partial charge in [-0.1, -0.05) is 24.3 Å². The number of aliphatic hydroxyl groups excluding tert-OH is 1. The summed E-state index contributed by atoms with van der Waals surface area (Å²) in [6, 6.07) is 0. The second-order valence-corrected chi connectivity index (χ2v) is 3.54. The van der Waals surface area contributed by atoms with E-state index in [-0.39, 0.29) is 31.0 Å². The van der Waals surface area contributed by atoms with Crippen LogP contribution in [0.15, 0.2) is 36.1 Å². The molecular weight excluding hydrogens is 291 g/mol. The van der Waals surface area contributed by atoms with E-state index in [0.29, 0.717) is 0 Å². The van der Waals surface area contributed by atoms with E-state index in [9.17, 15) is 4.79 Å². The quantitative estimate of drug-likeness (QED) is 0.455. The van der Waals surface area contributed by atoms with E-state index < -0.39 is 0 Å². The van der Waals surface area contributed by atoms with E-state index in [1.54, 1.807) is 0 Å². The standard InChI is InChI=1S/C8H12.C5H8O2.Rh/c1-2-4-6-8-7-5-3-1;1-4(6)3-5(2)7;/h1-4H,5-8H2;3,6H,1-2H3;/b3-1-,4-2-;4-3-;. The van der Waals surface area contributed by atoms with Gasteiger partial charge in [0, 0.05) is 25.6 Å². The molecule has 0 aromatic heterocycles. The topological polar surface area (TPSA) is 37.3 Å². The fourth-order valence-electron chi connectivity index (χ4n) is 1.17. The van der Waals surface area contributed by atoms with Crippen molar-refractivity contribution in [3.8, 4) is 0 Å². The molecule has 0 atom stereocenters. The first kappa shape index (κ1) is 17.7. The Morgan fingerprint density at radius 1 is 1.12 bits per heavy atom. The van der Waals surface area contributed by atoms with Crippen LogP contribution in [0.2, 0.25) is 0 Å². The number of carbonyl (C=O) groups is 1. The number of rotatable bonds is 1. The zero-order chi connectivity index (χ0) is 11.5. The third-order valence-corrected chi connectivity index (χ3v) is 1.79. The van der Waals surface area contributed by atoms with E-state index in [0.717, 1.165) is 0 Å². The Hall–Kier alpha value is -0.687. The SMILES string of the molecule is C1=C\CCCC\C=C/1.CC(=O)/C=C(/C)O.[Rh]. The summed E-state index contributed by atoms with van der Waals surface area (Å²) in [6.45, 7) is 2.85.